The fraction of sp³-hybridized carbons (Fsp3) is 0. The van der Waals surface area contributed by atoms with Crippen LogP contribution < -0.4 is 0 Å². The van der Waals surface area contributed by atoms with Crippen LogP contribution in [0.4, 0.5) is 0 Å². The van der Waals surface area contributed by atoms with Crippen molar-refractivity contribution in [3.05, 3.63) is 30.7 Å². The van der Waals surface area contributed by atoms with Crippen LogP contribution in [0, 0.1) is 0 Å². The first-order valence-corrected chi connectivity index (χ1v) is 4.23. The van der Waals surface area contributed by atoms with E-state index in [9.17, 15) is 0 Å². The Morgan fingerprint density at radius 2 is 2.07 bits per heavy atom. The van der Waals surface area contributed by atoms with E-state index in [0.717, 1.165) is 22.9 Å². The molecule has 3 rings (SSSR count). The van der Waals surface area contributed by atoms with Crippen molar-refractivity contribution in [2.45, 2.75) is 0 Å². The molecular formula is C9H7N5. The Balaban J connectivity index is 2.20. The van der Waals surface area contributed by atoms with Gasteiger partial charge in [-0.25, -0.2) is 9.97 Å². The van der Waals surface area contributed by atoms with Gasteiger partial charge < -0.3 is 4.98 Å². The second-order valence-corrected chi connectivity index (χ2v) is 2.94. The summed E-state index contributed by atoms with van der Waals surface area (Å²) in [5.74, 6) is 1.55. The molecule has 1 aromatic heterocycles. The van der Waals surface area contributed by atoms with Crippen LogP contribution in [0.1, 0.15) is 0 Å². The van der Waals surface area contributed by atoms with Crippen molar-refractivity contribution < 1.29 is 0 Å². The van der Waals surface area contributed by atoms with Gasteiger partial charge in [-0.3, -0.25) is 5.10 Å². The number of rotatable bonds is 1. The number of H-pyrrole nitrogens is 2. The number of aromatic nitrogens is 5. The molecule has 2 aliphatic rings. The fourth-order valence-electron chi connectivity index (χ4n) is 1.36. The van der Waals surface area contributed by atoms with Gasteiger partial charge in [-0.15, -0.1) is 0 Å². The van der Waals surface area contributed by atoms with E-state index < -0.39 is 0 Å². The third-order valence-electron chi connectivity index (χ3n) is 2.04. The molecule has 2 aliphatic heterocycles. The summed E-state index contributed by atoms with van der Waals surface area (Å²) in [6.45, 7) is 0. The molecule has 0 unspecified atom stereocenters. The van der Waals surface area contributed by atoms with Crippen molar-refractivity contribution in [2.24, 2.45) is 0 Å². The highest BCUT2D eigenvalue weighted by Crippen LogP contribution is 2.19. The minimum Gasteiger partial charge on any atom is -0.323 e. The van der Waals surface area contributed by atoms with Gasteiger partial charge in [0.2, 0.25) is 0 Å². The molecule has 3 heterocycles. The molecule has 5 heteroatoms. The Bertz CT molecular complexity index is 510. The van der Waals surface area contributed by atoms with Crippen molar-refractivity contribution in [3.8, 4) is 22.9 Å². The van der Waals surface area contributed by atoms with E-state index in [0.29, 0.717) is 0 Å². The van der Waals surface area contributed by atoms with E-state index >= 15 is 0 Å². The molecule has 2 N–H and O–H groups in total. The van der Waals surface area contributed by atoms with Crippen LogP contribution in [0.25, 0.3) is 22.9 Å². The van der Waals surface area contributed by atoms with Crippen LogP contribution in [0.2, 0.25) is 0 Å². The summed E-state index contributed by atoms with van der Waals surface area (Å²) in [4.78, 5) is 11.5. The van der Waals surface area contributed by atoms with Gasteiger partial charge in [-0.2, -0.15) is 5.10 Å². The van der Waals surface area contributed by atoms with Gasteiger partial charge in [0.05, 0.1) is 0 Å². The number of hydrogen-bond donors (Lipinski definition) is 2. The molecule has 14 heavy (non-hydrogen) atoms. The second-order valence-electron chi connectivity index (χ2n) is 2.94. The zero-order valence-corrected chi connectivity index (χ0v) is 7.23. The quantitative estimate of drug-likeness (QED) is 0.600. The van der Waals surface area contributed by atoms with Crippen molar-refractivity contribution in [3.63, 3.8) is 0 Å². The summed E-state index contributed by atoms with van der Waals surface area (Å²) >= 11 is 0. The van der Waals surface area contributed by atoms with Crippen molar-refractivity contribution in [2.75, 3.05) is 0 Å². The third kappa shape index (κ3) is 0.990. The van der Waals surface area contributed by atoms with Crippen molar-refractivity contribution >= 4 is 0 Å². The smallest absolute Gasteiger partial charge is 0.159 e. The molecular weight excluding hydrogens is 178 g/mol. The normalized spacial score (nSPS) is 10.9. The molecule has 0 atom stereocenters. The number of nitrogens with one attached hydrogen (secondary N) is 2. The van der Waals surface area contributed by atoms with E-state index in [-0.39, 0.29) is 0 Å². The lowest BCUT2D eigenvalue weighted by Crippen LogP contribution is -1.92. The topological polar surface area (TPSA) is 70.2 Å². The van der Waals surface area contributed by atoms with Crippen LogP contribution in [0.15, 0.2) is 30.7 Å². The summed E-state index contributed by atoms with van der Waals surface area (Å²) in [5.41, 5.74) is 1.79. The molecule has 0 saturated heterocycles. The first-order chi connectivity index (χ1) is 6.93. The van der Waals surface area contributed by atoms with Gasteiger partial charge in [0.25, 0.3) is 0 Å². The SMILES string of the molecule is c1cc2cnc(-c3cc[nH]n3)[nH]c-2n1. The Labute approximate surface area is 79.6 Å². The first-order valence-electron chi connectivity index (χ1n) is 4.23. The summed E-state index contributed by atoms with van der Waals surface area (Å²) in [6, 6.07) is 3.76. The molecule has 0 aromatic carbocycles. The zero-order valence-electron chi connectivity index (χ0n) is 7.23. The van der Waals surface area contributed by atoms with Crippen LogP contribution in [-0.2, 0) is 0 Å². The molecule has 1 aromatic rings. The summed E-state index contributed by atoms with van der Waals surface area (Å²) in [7, 11) is 0. The average molecular weight is 185 g/mol. The molecule has 68 valence electrons. The van der Waals surface area contributed by atoms with Crippen molar-refractivity contribution in [1.82, 2.24) is 25.1 Å². The van der Waals surface area contributed by atoms with Gasteiger partial charge in [-0.05, 0) is 12.1 Å². The minimum atomic E-state index is 0.720. The van der Waals surface area contributed by atoms with E-state index in [1.165, 1.54) is 0 Å². The van der Waals surface area contributed by atoms with E-state index in [1.807, 2.05) is 12.1 Å². The lowest BCUT2D eigenvalue weighted by Gasteiger charge is -2.00. The fourth-order valence-corrected chi connectivity index (χ4v) is 1.36. The number of fused-ring (bicyclic) bond motifs is 1. The zero-order chi connectivity index (χ0) is 9.38. The highest BCUT2D eigenvalue weighted by atomic mass is 15.1. The number of hydrogen-bond acceptors (Lipinski definition) is 3. The Hall–Kier alpha value is -2.17. The van der Waals surface area contributed by atoms with Gasteiger partial charge in [0, 0.05) is 24.2 Å². The summed E-state index contributed by atoms with van der Waals surface area (Å²) in [5, 5.41) is 6.77. The maximum absolute atomic E-state index is 4.24. The van der Waals surface area contributed by atoms with Gasteiger partial charge in [0.15, 0.2) is 5.82 Å². The minimum absolute atomic E-state index is 0.720. The van der Waals surface area contributed by atoms with Gasteiger partial charge in [0.1, 0.15) is 11.5 Å². The van der Waals surface area contributed by atoms with Crippen LogP contribution in [-0.4, -0.2) is 25.1 Å². The number of aromatic amines is 2. The second kappa shape index (κ2) is 2.66. The molecule has 0 fully saturated rings. The maximum Gasteiger partial charge on any atom is 0.159 e. The van der Waals surface area contributed by atoms with E-state index in [4.69, 9.17) is 0 Å². The summed E-state index contributed by atoms with van der Waals surface area (Å²) in [6.07, 6.45) is 5.29. The predicted molar refractivity (Wildman–Crippen MR) is 50.6 cm³/mol. The van der Waals surface area contributed by atoms with E-state index in [1.54, 1.807) is 18.6 Å². The molecule has 0 saturated carbocycles. The third-order valence-corrected chi connectivity index (χ3v) is 2.04. The Morgan fingerprint density at radius 3 is 2.93 bits per heavy atom. The molecule has 0 spiro atoms. The summed E-state index contributed by atoms with van der Waals surface area (Å²) < 4.78 is 0. The lowest BCUT2D eigenvalue weighted by molar-refractivity contribution is 1.06. The van der Waals surface area contributed by atoms with Crippen LogP contribution >= 0.6 is 0 Å². The predicted octanol–water partition coefficient (Wildman–Crippen LogP) is 1.30. The standard InChI is InChI=1S/C9H7N5/c1-3-10-8-6(1)5-11-9(13-8)7-2-4-12-14-7/h1-5H,(H,12,14)(H,10,11,13). The largest absolute Gasteiger partial charge is 0.323 e. The van der Waals surface area contributed by atoms with Crippen LogP contribution in [0.5, 0.6) is 0 Å². The number of nitrogens with zero attached hydrogens (tertiary/aromatic N) is 3. The molecule has 0 aliphatic carbocycles. The highest BCUT2D eigenvalue weighted by Gasteiger charge is 2.07. The Kier molecular flexibility index (Phi) is 1.38. The molecule has 0 bridgehead atoms. The van der Waals surface area contributed by atoms with Crippen molar-refractivity contribution in [1.29, 1.82) is 0 Å². The molecule has 0 radical (unpaired) electrons. The maximum atomic E-state index is 4.24. The van der Waals surface area contributed by atoms with Gasteiger partial charge >= 0.3 is 0 Å². The Morgan fingerprint density at radius 1 is 1.07 bits per heavy atom. The monoisotopic (exact) mass is 185 g/mol. The molecule has 5 nitrogen and oxygen atoms in total. The van der Waals surface area contributed by atoms with Gasteiger partial charge in [-0.1, -0.05) is 0 Å². The molecule has 0 amide bonds. The first kappa shape index (κ1) is 7.25. The van der Waals surface area contributed by atoms with E-state index in [2.05, 4.69) is 25.1 Å². The van der Waals surface area contributed by atoms with Crippen LogP contribution in [0.3, 0.4) is 0 Å². The lowest BCUT2D eigenvalue weighted by atomic mass is 10.3. The highest BCUT2D eigenvalue weighted by molar-refractivity contribution is 5.60. The average Bonchev–Trinajstić information content (AvgIpc) is 2.88.